The predicted octanol–water partition coefficient (Wildman–Crippen LogP) is 3.01. The Morgan fingerprint density at radius 2 is 2.13 bits per heavy atom. The van der Waals surface area contributed by atoms with Gasteiger partial charge in [0.05, 0.1) is 6.04 Å². The molecule has 2 aromatic rings. The summed E-state index contributed by atoms with van der Waals surface area (Å²) in [5.74, 6) is -0.292. The van der Waals surface area contributed by atoms with Gasteiger partial charge < -0.3 is 10.6 Å². The summed E-state index contributed by atoms with van der Waals surface area (Å²) in [5, 5.41) is 17.5. The summed E-state index contributed by atoms with van der Waals surface area (Å²) < 4.78 is 0.794. The Morgan fingerprint density at radius 3 is 2.83 bits per heavy atom. The maximum absolute atomic E-state index is 12.7. The second kappa shape index (κ2) is 11.8. The monoisotopic (exact) mass is 445 g/mol. The molecule has 3 N–H and O–H groups in total. The van der Waals surface area contributed by atoms with Crippen LogP contribution in [0, 0.1) is 0 Å². The number of hydrogen-bond donors (Lipinski definition) is 3. The molecule has 0 unspecified atom stereocenters. The maximum atomic E-state index is 12.7. The minimum atomic E-state index is -0.284. The van der Waals surface area contributed by atoms with Gasteiger partial charge in [-0.2, -0.15) is 0 Å². The number of nitrogens with zero attached hydrogens (tertiary/aromatic N) is 2. The summed E-state index contributed by atoms with van der Waals surface area (Å²) >= 11 is 2.81. The van der Waals surface area contributed by atoms with E-state index in [0.717, 1.165) is 36.6 Å². The molecule has 1 fully saturated rings. The first-order valence-corrected chi connectivity index (χ1v) is 12.1. The van der Waals surface area contributed by atoms with E-state index in [9.17, 15) is 9.59 Å². The third-order valence-electron chi connectivity index (χ3n) is 4.83. The summed E-state index contributed by atoms with van der Waals surface area (Å²) in [6.45, 7) is 0.866. The molecule has 0 bridgehead atoms. The lowest BCUT2D eigenvalue weighted by atomic mass is 10.0. The van der Waals surface area contributed by atoms with Crippen molar-refractivity contribution in [3.8, 4) is 0 Å². The molecule has 1 aliphatic heterocycles. The summed E-state index contributed by atoms with van der Waals surface area (Å²) in [7, 11) is 0. The second-order valence-electron chi connectivity index (χ2n) is 7.07. The van der Waals surface area contributed by atoms with Crippen molar-refractivity contribution in [2.75, 3.05) is 18.1 Å². The molecule has 3 rings (SSSR count). The van der Waals surface area contributed by atoms with E-state index in [1.54, 1.807) is 6.08 Å². The van der Waals surface area contributed by atoms with Crippen LogP contribution in [0.3, 0.4) is 0 Å². The van der Waals surface area contributed by atoms with Crippen molar-refractivity contribution in [2.45, 2.75) is 48.5 Å². The third-order valence-corrected chi connectivity index (χ3v) is 6.65. The number of piperidine rings is 1. The molecule has 0 spiro atoms. The van der Waals surface area contributed by atoms with Crippen LogP contribution in [0.25, 0.3) is 0 Å². The van der Waals surface area contributed by atoms with E-state index < -0.39 is 0 Å². The first-order valence-electron chi connectivity index (χ1n) is 10.1. The predicted molar refractivity (Wildman–Crippen MR) is 122 cm³/mol. The Hall–Kier alpha value is -2.23. The van der Waals surface area contributed by atoms with Gasteiger partial charge in [-0.3, -0.25) is 14.9 Å². The number of nitrogens with one attached hydrogen (secondary N) is 3. The van der Waals surface area contributed by atoms with E-state index in [1.807, 2.05) is 24.5 Å². The highest BCUT2D eigenvalue weighted by Gasteiger charge is 2.22. The number of amides is 2. The first kappa shape index (κ1) is 22.5. The fraction of sp³-hybridized carbons (Fsp3) is 0.429. The third kappa shape index (κ3) is 7.23. The number of aromatic nitrogens is 2. The fourth-order valence-electron chi connectivity index (χ4n) is 3.24. The van der Waals surface area contributed by atoms with Crippen LogP contribution in [0.4, 0.5) is 5.13 Å². The SMILES string of the molecule is CSc1nnc(NC(=O)/C=C/[C@H](CCc2ccccc2)NC(=O)[C@@H]2CCCCN2)s1. The molecule has 7 nitrogen and oxygen atoms in total. The van der Waals surface area contributed by atoms with Gasteiger partial charge in [-0.1, -0.05) is 65.9 Å². The van der Waals surface area contributed by atoms with Gasteiger partial charge in [-0.25, -0.2) is 0 Å². The lowest BCUT2D eigenvalue weighted by molar-refractivity contribution is -0.124. The van der Waals surface area contributed by atoms with Crippen molar-refractivity contribution in [2.24, 2.45) is 0 Å². The number of hydrogen-bond acceptors (Lipinski definition) is 7. The number of anilines is 1. The number of aryl methyl sites for hydroxylation is 1. The molecule has 1 aromatic heterocycles. The molecule has 0 radical (unpaired) electrons. The Labute approximate surface area is 185 Å². The molecule has 9 heteroatoms. The summed E-state index contributed by atoms with van der Waals surface area (Å²) in [5.41, 5.74) is 1.20. The number of carbonyl (C=O) groups is 2. The highest BCUT2D eigenvalue weighted by molar-refractivity contribution is 8.00. The number of benzene rings is 1. The van der Waals surface area contributed by atoms with Gasteiger partial charge in [0.25, 0.3) is 0 Å². The van der Waals surface area contributed by atoms with E-state index >= 15 is 0 Å². The van der Waals surface area contributed by atoms with Crippen LogP contribution >= 0.6 is 23.1 Å². The summed E-state index contributed by atoms with van der Waals surface area (Å²) in [6.07, 6.45) is 9.65. The molecule has 0 aliphatic carbocycles. The zero-order valence-corrected chi connectivity index (χ0v) is 18.6. The van der Waals surface area contributed by atoms with Crippen molar-refractivity contribution in [1.82, 2.24) is 20.8 Å². The average Bonchev–Trinajstić information content (AvgIpc) is 3.24. The van der Waals surface area contributed by atoms with E-state index in [2.05, 4.69) is 38.3 Å². The van der Waals surface area contributed by atoms with Gasteiger partial charge >= 0.3 is 0 Å². The minimum Gasteiger partial charge on any atom is -0.349 e. The van der Waals surface area contributed by atoms with Gasteiger partial charge in [0.15, 0.2) is 4.34 Å². The van der Waals surface area contributed by atoms with Crippen molar-refractivity contribution < 1.29 is 9.59 Å². The lowest BCUT2D eigenvalue weighted by Gasteiger charge is -2.25. The quantitative estimate of drug-likeness (QED) is 0.312. The van der Waals surface area contributed by atoms with E-state index in [4.69, 9.17) is 0 Å². The standard InChI is InChI=1S/C21H27N5O2S2/c1-29-21-26-25-20(30-21)24-18(27)13-12-16(11-10-15-7-3-2-4-8-15)23-19(28)17-9-5-6-14-22-17/h2-4,7-8,12-13,16-17,22H,5-6,9-11,14H2,1H3,(H,23,28)(H,24,25,27)/b13-12+/t16-,17-/m0/s1. The molecule has 2 amide bonds. The van der Waals surface area contributed by atoms with Gasteiger partial charge in [-0.05, 0) is 44.0 Å². The topological polar surface area (TPSA) is 96.0 Å². The molecule has 160 valence electrons. The molecule has 1 aliphatic rings. The van der Waals surface area contributed by atoms with Crippen molar-refractivity contribution >= 4 is 40.0 Å². The molecular weight excluding hydrogens is 418 g/mol. The highest BCUT2D eigenvalue weighted by Crippen LogP contribution is 2.23. The first-order chi connectivity index (χ1) is 14.6. The average molecular weight is 446 g/mol. The van der Waals surface area contributed by atoms with E-state index in [0.29, 0.717) is 11.6 Å². The summed E-state index contributed by atoms with van der Waals surface area (Å²) in [6, 6.07) is 9.73. The van der Waals surface area contributed by atoms with Crippen LogP contribution in [-0.4, -0.2) is 46.9 Å². The van der Waals surface area contributed by atoms with Gasteiger partial charge in [0.2, 0.25) is 16.9 Å². The molecule has 2 atom stereocenters. The minimum absolute atomic E-state index is 0.00782. The zero-order chi connectivity index (χ0) is 21.2. The Kier molecular flexibility index (Phi) is 8.85. The number of rotatable bonds is 9. The number of carbonyl (C=O) groups excluding carboxylic acids is 2. The van der Waals surface area contributed by atoms with Gasteiger partial charge in [0.1, 0.15) is 0 Å². The van der Waals surface area contributed by atoms with Gasteiger partial charge in [0, 0.05) is 12.1 Å². The second-order valence-corrected chi connectivity index (χ2v) is 9.10. The normalized spacial score (nSPS) is 17.6. The summed E-state index contributed by atoms with van der Waals surface area (Å²) in [4.78, 5) is 24.9. The fourth-order valence-corrected chi connectivity index (χ4v) is 4.41. The van der Waals surface area contributed by atoms with Crippen molar-refractivity contribution in [1.29, 1.82) is 0 Å². The van der Waals surface area contributed by atoms with E-state index in [1.165, 1.54) is 34.7 Å². The maximum Gasteiger partial charge on any atom is 0.249 e. The smallest absolute Gasteiger partial charge is 0.249 e. The molecule has 2 heterocycles. The van der Waals surface area contributed by atoms with Crippen LogP contribution in [0.15, 0.2) is 46.8 Å². The zero-order valence-electron chi connectivity index (χ0n) is 17.0. The van der Waals surface area contributed by atoms with Crippen LogP contribution < -0.4 is 16.0 Å². The Balaban J connectivity index is 1.60. The molecule has 30 heavy (non-hydrogen) atoms. The molecule has 0 saturated carbocycles. The van der Waals surface area contributed by atoms with Gasteiger partial charge in [-0.15, -0.1) is 10.2 Å². The Morgan fingerprint density at radius 1 is 1.30 bits per heavy atom. The Bertz CT molecular complexity index is 850. The van der Waals surface area contributed by atoms with Crippen molar-refractivity contribution in [3.05, 3.63) is 48.0 Å². The molecule has 1 saturated heterocycles. The van der Waals surface area contributed by atoms with Crippen LogP contribution in [0.2, 0.25) is 0 Å². The van der Waals surface area contributed by atoms with E-state index in [-0.39, 0.29) is 23.9 Å². The molecule has 1 aromatic carbocycles. The molecular formula is C21H27N5O2S2. The highest BCUT2D eigenvalue weighted by atomic mass is 32.2. The van der Waals surface area contributed by atoms with Crippen LogP contribution in [0.1, 0.15) is 31.2 Å². The van der Waals surface area contributed by atoms with Crippen LogP contribution in [-0.2, 0) is 16.0 Å². The largest absolute Gasteiger partial charge is 0.349 e. The van der Waals surface area contributed by atoms with Crippen molar-refractivity contribution in [3.63, 3.8) is 0 Å². The van der Waals surface area contributed by atoms with Crippen LogP contribution in [0.5, 0.6) is 0 Å². The number of thioether (sulfide) groups is 1. The lowest BCUT2D eigenvalue weighted by Crippen LogP contribution is -2.49.